The Kier molecular flexibility index (Phi) is 4.40. The standard InChI is InChI=1S/C14H14F3NO3/c15-14(16,17)21-11-3-1-10(2-4-11)12(19)13(9-18)5-7-20-8-6-13/h1-4,12,19H,5-8H2. The number of nitriles is 1. The lowest BCUT2D eigenvalue weighted by molar-refractivity contribution is -0.274. The monoisotopic (exact) mass is 301 g/mol. The molecule has 1 aliphatic rings. The Labute approximate surface area is 119 Å². The molecule has 4 nitrogen and oxygen atoms in total. The van der Waals surface area contributed by atoms with Gasteiger partial charge >= 0.3 is 6.36 Å². The molecule has 0 aliphatic carbocycles. The minimum absolute atomic E-state index is 0.364. The summed E-state index contributed by atoms with van der Waals surface area (Å²) in [5.74, 6) is -0.364. The Hall–Kier alpha value is -1.78. The fourth-order valence-electron chi connectivity index (χ4n) is 2.35. The van der Waals surface area contributed by atoms with E-state index < -0.39 is 17.9 Å². The molecule has 1 aromatic carbocycles. The lowest BCUT2D eigenvalue weighted by Gasteiger charge is -2.35. The second-order valence-corrected chi connectivity index (χ2v) is 4.90. The van der Waals surface area contributed by atoms with E-state index in [2.05, 4.69) is 10.8 Å². The van der Waals surface area contributed by atoms with Crippen molar-refractivity contribution in [2.75, 3.05) is 13.2 Å². The molecule has 0 radical (unpaired) electrons. The SMILES string of the molecule is N#CC1(C(O)c2ccc(OC(F)(F)F)cc2)CCOCC1. The molecule has 1 aliphatic heterocycles. The van der Waals surface area contributed by atoms with Gasteiger partial charge in [-0.1, -0.05) is 12.1 Å². The maximum atomic E-state index is 12.1. The van der Waals surface area contributed by atoms with Crippen LogP contribution in [0.3, 0.4) is 0 Å². The summed E-state index contributed by atoms with van der Waals surface area (Å²) >= 11 is 0. The summed E-state index contributed by atoms with van der Waals surface area (Å²) in [7, 11) is 0. The molecule has 0 spiro atoms. The van der Waals surface area contributed by atoms with Crippen molar-refractivity contribution >= 4 is 0 Å². The van der Waals surface area contributed by atoms with E-state index in [1.807, 2.05) is 0 Å². The Morgan fingerprint density at radius 1 is 1.24 bits per heavy atom. The van der Waals surface area contributed by atoms with Gasteiger partial charge in [0.1, 0.15) is 5.75 Å². The summed E-state index contributed by atoms with van der Waals surface area (Å²) in [5.41, 5.74) is -0.585. The van der Waals surface area contributed by atoms with Crippen LogP contribution in [0.5, 0.6) is 5.75 Å². The second kappa shape index (κ2) is 5.92. The molecule has 0 bridgehead atoms. The maximum Gasteiger partial charge on any atom is 0.573 e. The van der Waals surface area contributed by atoms with Gasteiger partial charge in [0.2, 0.25) is 0 Å². The predicted molar refractivity (Wildman–Crippen MR) is 66.2 cm³/mol. The van der Waals surface area contributed by atoms with E-state index in [4.69, 9.17) is 4.74 Å². The molecule has 1 fully saturated rings. The van der Waals surface area contributed by atoms with E-state index in [9.17, 15) is 23.5 Å². The number of alkyl halides is 3. The lowest BCUT2D eigenvalue weighted by Crippen LogP contribution is -2.34. The van der Waals surface area contributed by atoms with Gasteiger partial charge in [-0.05, 0) is 30.5 Å². The minimum Gasteiger partial charge on any atom is -0.406 e. The van der Waals surface area contributed by atoms with E-state index in [-0.39, 0.29) is 5.75 Å². The predicted octanol–water partition coefficient (Wildman–Crippen LogP) is 2.94. The number of nitrogens with zero attached hydrogens (tertiary/aromatic N) is 1. The van der Waals surface area contributed by atoms with Gasteiger partial charge in [0.15, 0.2) is 0 Å². The fourth-order valence-corrected chi connectivity index (χ4v) is 2.35. The van der Waals surface area contributed by atoms with Crippen molar-refractivity contribution in [3.63, 3.8) is 0 Å². The van der Waals surface area contributed by atoms with Gasteiger partial charge in [-0.25, -0.2) is 0 Å². The molecule has 0 aromatic heterocycles. The lowest BCUT2D eigenvalue weighted by atomic mass is 9.74. The van der Waals surface area contributed by atoms with Gasteiger partial charge < -0.3 is 14.6 Å². The summed E-state index contributed by atoms with van der Waals surface area (Å²) in [6.45, 7) is 0.750. The highest BCUT2D eigenvalue weighted by molar-refractivity contribution is 5.31. The third-order valence-corrected chi connectivity index (χ3v) is 3.56. The molecule has 0 amide bonds. The van der Waals surface area contributed by atoms with Crippen LogP contribution < -0.4 is 4.74 Å². The fraction of sp³-hybridized carbons (Fsp3) is 0.500. The third kappa shape index (κ3) is 3.65. The van der Waals surface area contributed by atoms with Crippen LogP contribution >= 0.6 is 0 Å². The van der Waals surface area contributed by atoms with Crippen LogP contribution in [0.4, 0.5) is 13.2 Å². The topological polar surface area (TPSA) is 62.5 Å². The molecule has 114 valence electrons. The van der Waals surface area contributed by atoms with E-state index in [1.165, 1.54) is 12.1 Å². The van der Waals surface area contributed by atoms with Crippen molar-refractivity contribution in [3.8, 4) is 11.8 Å². The first-order valence-corrected chi connectivity index (χ1v) is 6.39. The van der Waals surface area contributed by atoms with Gasteiger partial charge in [-0.2, -0.15) is 5.26 Å². The van der Waals surface area contributed by atoms with Gasteiger partial charge in [0.25, 0.3) is 0 Å². The van der Waals surface area contributed by atoms with Crippen molar-refractivity contribution in [1.29, 1.82) is 5.26 Å². The molecule has 2 rings (SSSR count). The zero-order valence-corrected chi connectivity index (χ0v) is 11.1. The highest BCUT2D eigenvalue weighted by Crippen LogP contribution is 2.42. The molecule has 1 atom stereocenters. The van der Waals surface area contributed by atoms with Crippen LogP contribution in [-0.2, 0) is 4.74 Å². The number of aliphatic hydroxyl groups excluding tert-OH is 1. The second-order valence-electron chi connectivity index (χ2n) is 4.90. The van der Waals surface area contributed by atoms with Crippen LogP contribution in [0.25, 0.3) is 0 Å². The van der Waals surface area contributed by atoms with Gasteiger partial charge in [-0.15, -0.1) is 13.2 Å². The first-order valence-electron chi connectivity index (χ1n) is 6.39. The Morgan fingerprint density at radius 3 is 2.29 bits per heavy atom. The quantitative estimate of drug-likeness (QED) is 0.932. The van der Waals surface area contributed by atoms with E-state index in [1.54, 1.807) is 0 Å². The van der Waals surface area contributed by atoms with E-state index in [0.717, 1.165) is 12.1 Å². The summed E-state index contributed by atoms with van der Waals surface area (Å²) in [5, 5.41) is 19.7. The maximum absolute atomic E-state index is 12.1. The molecular formula is C14H14F3NO3. The van der Waals surface area contributed by atoms with Crippen molar-refractivity contribution in [2.45, 2.75) is 25.3 Å². The van der Waals surface area contributed by atoms with Crippen molar-refractivity contribution in [3.05, 3.63) is 29.8 Å². The molecule has 1 saturated heterocycles. The average Bonchev–Trinajstić information content (AvgIpc) is 2.46. The summed E-state index contributed by atoms with van der Waals surface area (Å²) in [6.07, 6.45) is -5.07. The Morgan fingerprint density at radius 2 is 1.81 bits per heavy atom. The van der Waals surface area contributed by atoms with Gasteiger partial charge in [0.05, 0.1) is 17.6 Å². The van der Waals surface area contributed by atoms with Crippen LogP contribution in [0, 0.1) is 16.7 Å². The molecular weight excluding hydrogens is 287 g/mol. The number of rotatable bonds is 3. The molecule has 1 aromatic rings. The van der Waals surface area contributed by atoms with E-state index in [0.29, 0.717) is 31.6 Å². The van der Waals surface area contributed by atoms with Gasteiger partial charge in [-0.3, -0.25) is 0 Å². The highest BCUT2D eigenvalue weighted by Gasteiger charge is 2.41. The third-order valence-electron chi connectivity index (χ3n) is 3.56. The summed E-state index contributed by atoms with van der Waals surface area (Å²) < 4.78 is 45.2. The van der Waals surface area contributed by atoms with Crippen molar-refractivity contribution in [2.24, 2.45) is 5.41 Å². The van der Waals surface area contributed by atoms with Crippen LogP contribution in [0.1, 0.15) is 24.5 Å². The van der Waals surface area contributed by atoms with Crippen LogP contribution in [0.15, 0.2) is 24.3 Å². The first-order chi connectivity index (χ1) is 9.86. The molecule has 7 heteroatoms. The first kappa shape index (κ1) is 15.6. The van der Waals surface area contributed by atoms with E-state index >= 15 is 0 Å². The highest BCUT2D eigenvalue weighted by atomic mass is 19.4. The Bertz CT molecular complexity index is 516. The number of hydrogen-bond donors (Lipinski definition) is 1. The van der Waals surface area contributed by atoms with Crippen molar-refractivity contribution in [1.82, 2.24) is 0 Å². The van der Waals surface area contributed by atoms with Crippen LogP contribution in [0.2, 0.25) is 0 Å². The number of halogens is 3. The number of hydrogen-bond acceptors (Lipinski definition) is 4. The normalized spacial score (nSPS) is 19.6. The summed E-state index contributed by atoms with van der Waals surface area (Å²) in [6, 6.07) is 7.04. The zero-order chi connectivity index (χ0) is 15.5. The smallest absolute Gasteiger partial charge is 0.406 e. The number of aliphatic hydroxyl groups is 1. The molecule has 0 saturated carbocycles. The molecule has 21 heavy (non-hydrogen) atoms. The van der Waals surface area contributed by atoms with Crippen LogP contribution in [-0.4, -0.2) is 24.7 Å². The largest absolute Gasteiger partial charge is 0.573 e. The number of benzene rings is 1. The minimum atomic E-state index is -4.76. The van der Waals surface area contributed by atoms with Crippen molar-refractivity contribution < 1.29 is 27.8 Å². The molecule has 1 heterocycles. The number of ether oxygens (including phenoxy) is 2. The molecule has 1 N–H and O–H groups in total. The summed E-state index contributed by atoms with van der Waals surface area (Å²) in [4.78, 5) is 0. The molecule has 1 unspecified atom stereocenters. The average molecular weight is 301 g/mol. The zero-order valence-electron chi connectivity index (χ0n) is 11.1. The van der Waals surface area contributed by atoms with Gasteiger partial charge in [0, 0.05) is 13.2 Å². The Balaban J connectivity index is 2.16.